The van der Waals surface area contributed by atoms with Crippen LogP contribution >= 0.6 is 27.5 Å². The van der Waals surface area contributed by atoms with Crippen LogP contribution in [0.5, 0.6) is 5.75 Å². The minimum atomic E-state index is -0.449. The lowest BCUT2D eigenvalue weighted by molar-refractivity contribution is 0.103. The molecule has 2 aromatic carbocycles. The van der Waals surface area contributed by atoms with Crippen LogP contribution in [0.25, 0.3) is 11.3 Å². The fraction of sp³-hybridized carbons (Fsp3) is 0.273. The van der Waals surface area contributed by atoms with Crippen molar-refractivity contribution in [3.05, 3.63) is 58.2 Å². The Morgan fingerprint density at radius 1 is 1.19 bits per heavy atom. The number of rotatable bonds is 7. The maximum atomic E-state index is 12.5. The summed E-state index contributed by atoms with van der Waals surface area (Å²) in [7, 11) is 1.85. The molecule has 2 amide bonds. The second kappa shape index (κ2) is 9.72. The van der Waals surface area contributed by atoms with E-state index in [4.69, 9.17) is 22.1 Å². The molecule has 4 N–H and O–H groups in total. The number of benzene rings is 2. The van der Waals surface area contributed by atoms with Crippen molar-refractivity contribution >= 4 is 44.9 Å². The van der Waals surface area contributed by atoms with Crippen LogP contribution in [0.4, 0.5) is 16.2 Å². The number of ether oxygens (including phenoxy) is 1. The van der Waals surface area contributed by atoms with E-state index in [1.807, 2.05) is 33.0 Å². The average Bonchev–Trinajstić information content (AvgIpc) is 3.03. The van der Waals surface area contributed by atoms with E-state index in [9.17, 15) is 4.79 Å². The van der Waals surface area contributed by atoms with Crippen molar-refractivity contribution in [3.63, 3.8) is 0 Å². The Morgan fingerprint density at radius 3 is 2.45 bits per heavy atom. The van der Waals surface area contributed by atoms with Crippen molar-refractivity contribution in [2.75, 3.05) is 17.2 Å². The predicted molar refractivity (Wildman–Crippen MR) is 129 cm³/mol. The van der Waals surface area contributed by atoms with Gasteiger partial charge in [-0.15, -0.1) is 0 Å². The molecule has 0 unspecified atom stereocenters. The van der Waals surface area contributed by atoms with Gasteiger partial charge in [-0.25, -0.2) is 4.79 Å². The van der Waals surface area contributed by atoms with Crippen molar-refractivity contribution in [2.45, 2.75) is 25.9 Å². The summed E-state index contributed by atoms with van der Waals surface area (Å²) in [6.45, 7) is 4.50. The highest BCUT2D eigenvalue weighted by atomic mass is 79.9. The lowest BCUT2D eigenvalue weighted by atomic mass is 10.0. The topological polar surface area (TPSA) is 94.2 Å². The van der Waals surface area contributed by atoms with Gasteiger partial charge in [0.1, 0.15) is 11.4 Å². The third-order valence-electron chi connectivity index (χ3n) is 4.62. The number of aryl methyl sites for hydroxylation is 1. The molecule has 1 aromatic heterocycles. The zero-order chi connectivity index (χ0) is 22.6. The number of nitrogens with one attached hydrogen (secondary N) is 2. The average molecular weight is 507 g/mol. The maximum Gasteiger partial charge on any atom is 0.323 e. The van der Waals surface area contributed by atoms with E-state index in [-0.39, 0.29) is 6.03 Å². The maximum absolute atomic E-state index is 12.5. The number of nitrogens with two attached hydrogens (primary N) is 1. The van der Waals surface area contributed by atoms with Crippen LogP contribution < -0.4 is 21.1 Å². The van der Waals surface area contributed by atoms with E-state index in [1.165, 1.54) is 0 Å². The lowest BCUT2D eigenvalue weighted by Crippen LogP contribution is -2.31. The molecule has 0 atom stereocenters. The third-order valence-corrected chi connectivity index (χ3v) is 5.45. The first-order chi connectivity index (χ1) is 14.7. The molecule has 0 bridgehead atoms. The number of carbonyl (C=O) groups excluding carboxylic acids is 1. The number of aromatic nitrogens is 2. The van der Waals surface area contributed by atoms with Gasteiger partial charge in [0.25, 0.3) is 0 Å². The molecule has 164 valence electrons. The molecule has 7 nitrogen and oxygen atoms in total. The van der Waals surface area contributed by atoms with Gasteiger partial charge >= 0.3 is 6.03 Å². The van der Waals surface area contributed by atoms with Crippen molar-refractivity contribution < 1.29 is 9.53 Å². The summed E-state index contributed by atoms with van der Waals surface area (Å²) in [5, 5.41) is 10.5. The quantitative estimate of drug-likeness (QED) is 0.386. The Kier molecular flexibility index (Phi) is 7.25. The lowest BCUT2D eigenvalue weighted by Gasteiger charge is -2.27. The van der Waals surface area contributed by atoms with Crippen LogP contribution in [-0.2, 0) is 7.05 Å². The van der Waals surface area contributed by atoms with E-state index in [2.05, 4.69) is 31.7 Å². The third kappa shape index (κ3) is 6.00. The van der Waals surface area contributed by atoms with Crippen LogP contribution in [0.3, 0.4) is 0 Å². The normalized spacial score (nSPS) is 11.3. The monoisotopic (exact) mass is 505 g/mol. The smallest absolute Gasteiger partial charge is 0.323 e. The summed E-state index contributed by atoms with van der Waals surface area (Å²) in [4.78, 5) is 12.5. The number of amides is 2. The highest BCUT2D eigenvalue weighted by Gasteiger charge is 2.23. The number of urea groups is 1. The van der Waals surface area contributed by atoms with Crippen LogP contribution in [0, 0.1) is 0 Å². The molecule has 0 saturated heterocycles. The first-order valence-electron chi connectivity index (χ1n) is 9.73. The molecule has 31 heavy (non-hydrogen) atoms. The summed E-state index contributed by atoms with van der Waals surface area (Å²) in [5.74, 6) is 0.673. The first kappa shape index (κ1) is 23.1. The molecule has 0 spiro atoms. The molecule has 0 aliphatic rings. The molecule has 3 rings (SSSR count). The molecule has 3 aromatic rings. The van der Waals surface area contributed by atoms with Gasteiger partial charge in [-0.2, -0.15) is 5.10 Å². The van der Waals surface area contributed by atoms with Crippen LogP contribution in [0.1, 0.15) is 20.3 Å². The summed E-state index contributed by atoms with van der Waals surface area (Å²) < 4.78 is 8.86. The minimum absolute atomic E-state index is 0.366. The molecule has 0 aliphatic heterocycles. The van der Waals surface area contributed by atoms with Crippen LogP contribution in [-0.4, -0.2) is 28.0 Å². The second-order valence-corrected chi connectivity index (χ2v) is 8.95. The van der Waals surface area contributed by atoms with Crippen molar-refractivity contribution in [1.29, 1.82) is 0 Å². The van der Waals surface area contributed by atoms with Gasteiger partial charge in [0.2, 0.25) is 0 Å². The number of carbonyl (C=O) groups is 1. The van der Waals surface area contributed by atoms with E-state index in [1.54, 1.807) is 41.2 Å². The Hall–Kier alpha value is -2.55. The standard InChI is InChI=1S/C22H25BrClN5O2/c1-22(2,10-11-25)31-19-9-8-16(12-17(19)20-18(23)13-26-29(20)3)28-21(30)27-15-6-4-14(24)5-7-15/h4-9,12-13H,10-11,25H2,1-3H3,(H2,27,28,30). The molecule has 0 saturated carbocycles. The molecular formula is C22H25BrClN5O2. The number of hydrogen-bond donors (Lipinski definition) is 3. The SMILES string of the molecule is Cn1ncc(Br)c1-c1cc(NC(=O)Nc2ccc(Cl)cc2)ccc1OC(C)(C)CCN. The van der Waals surface area contributed by atoms with Gasteiger partial charge in [0.05, 0.1) is 16.4 Å². The molecule has 0 radical (unpaired) electrons. The highest BCUT2D eigenvalue weighted by molar-refractivity contribution is 9.10. The summed E-state index contributed by atoms with van der Waals surface area (Å²) in [5.41, 5.74) is 8.16. The van der Waals surface area contributed by atoms with Crippen molar-refractivity contribution in [3.8, 4) is 17.0 Å². The van der Waals surface area contributed by atoms with Gasteiger partial charge in [-0.1, -0.05) is 11.6 Å². The van der Waals surface area contributed by atoms with Gasteiger partial charge in [-0.05, 0) is 85.2 Å². The number of halogens is 2. The first-order valence-corrected chi connectivity index (χ1v) is 10.9. The van der Waals surface area contributed by atoms with Gasteiger partial charge in [0.15, 0.2) is 0 Å². The molecule has 1 heterocycles. The van der Waals surface area contributed by atoms with E-state index in [0.717, 1.165) is 15.7 Å². The number of nitrogens with zero attached hydrogens (tertiary/aromatic N) is 2. The zero-order valence-corrected chi connectivity index (χ0v) is 19.9. The van der Waals surface area contributed by atoms with Crippen molar-refractivity contribution in [2.24, 2.45) is 12.8 Å². The Morgan fingerprint density at radius 2 is 1.84 bits per heavy atom. The van der Waals surface area contributed by atoms with E-state index in [0.29, 0.717) is 35.1 Å². The highest BCUT2D eigenvalue weighted by Crippen LogP contribution is 2.38. The fourth-order valence-corrected chi connectivity index (χ4v) is 3.81. The van der Waals surface area contributed by atoms with Crippen LogP contribution in [0.2, 0.25) is 5.02 Å². The van der Waals surface area contributed by atoms with E-state index < -0.39 is 5.60 Å². The summed E-state index contributed by atoms with van der Waals surface area (Å²) in [6.07, 6.45) is 2.42. The number of hydrogen-bond acceptors (Lipinski definition) is 4. The Labute approximate surface area is 195 Å². The fourth-order valence-electron chi connectivity index (χ4n) is 3.12. The summed E-state index contributed by atoms with van der Waals surface area (Å²) in [6, 6.07) is 12.0. The molecule has 9 heteroatoms. The number of anilines is 2. The minimum Gasteiger partial charge on any atom is -0.487 e. The van der Waals surface area contributed by atoms with E-state index >= 15 is 0 Å². The predicted octanol–water partition coefficient (Wildman–Crippen LogP) is 5.65. The zero-order valence-electron chi connectivity index (χ0n) is 17.6. The Balaban J connectivity index is 1.89. The Bertz CT molecular complexity index is 1050. The molecule has 0 fully saturated rings. The van der Waals surface area contributed by atoms with Gasteiger partial charge < -0.3 is 21.1 Å². The van der Waals surface area contributed by atoms with Crippen LogP contribution in [0.15, 0.2) is 53.1 Å². The second-order valence-electron chi connectivity index (χ2n) is 7.66. The molecular weight excluding hydrogens is 482 g/mol. The molecule has 0 aliphatic carbocycles. The van der Waals surface area contributed by atoms with Crippen molar-refractivity contribution in [1.82, 2.24) is 9.78 Å². The van der Waals surface area contributed by atoms with Gasteiger partial charge in [-0.3, -0.25) is 4.68 Å². The largest absolute Gasteiger partial charge is 0.487 e. The van der Waals surface area contributed by atoms with Gasteiger partial charge in [0, 0.05) is 29.0 Å². The summed E-state index contributed by atoms with van der Waals surface area (Å²) >= 11 is 9.45.